The molecular formula is C15H17NO2S. The summed E-state index contributed by atoms with van der Waals surface area (Å²) in [6, 6.07) is 12.0. The Morgan fingerprint density at radius 1 is 1.16 bits per heavy atom. The maximum atomic E-state index is 11.7. The Balaban J connectivity index is 1.65. The van der Waals surface area contributed by atoms with E-state index in [2.05, 4.69) is 12.1 Å². The third kappa shape index (κ3) is 4.10. The normalized spacial score (nSPS) is 10.3. The number of aryl methyl sites for hydroxylation is 1. The number of thiophene rings is 1. The van der Waals surface area contributed by atoms with Gasteiger partial charge in [-0.3, -0.25) is 0 Å². The van der Waals surface area contributed by atoms with Crippen LogP contribution in [0.15, 0.2) is 41.8 Å². The van der Waals surface area contributed by atoms with Gasteiger partial charge in [-0.25, -0.2) is 4.79 Å². The van der Waals surface area contributed by atoms with E-state index in [1.54, 1.807) is 11.4 Å². The lowest BCUT2D eigenvalue weighted by Crippen LogP contribution is -2.06. The molecule has 2 aromatic rings. The Labute approximate surface area is 117 Å². The Kier molecular flexibility index (Phi) is 4.98. The van der Waals surface area contributed by atoms with Crippen molar-refractivity contribution in [1.82, 2.24) is 0 Å². The summed E-state index contributed by atoms with van der Waals surface area (Å²) >= 11 is 1.32. The number of nitrogens with two attached hydrogens (primary N) is 1. The van der Waals surface area contributed by atoms with E-state index in [4.69, 9.17) is 10.5 Å². The molecule has 0 bridgehead atoms. The molecule has 0 saturated carbocycles. The van der Waals surface area contributed by atoms with Crippen LogP contribution in [0, 0.1) is 0 Å². The van der Waals surface area contributed by atoms with Gasteiger partial charge in [0.1, 0.15) is 4.88 Å². The van der Waals surface area contributed by atoms with Crippen molar-refractivity contribution >= 4 is 23.0 Å². The number of unbranched alkanes of at least 4 members (excludes halogenated alkanes) is 1. The molecule has 100 valence electrons. The van der Waals surface area contributed by atoms with Gasteiger partial charge in [0.25, 0.3) is 0 Å². The molecule has 0 aliphatic rings. The van der Waals surface area contributed by atoms with E-state index in [0.29, 0.717) is 17.2 Å². The van der Waals surface area contributed by atoms with E-state index >= 15 is 0 Å². The van der Waals surface area contributed by atoms with Crippen LogP contribution in [-0.2, 0) is 11.2 Å². The van der Waals surface area contributed by atoms with E-state index in [9.17, 15) is 4.79 Å². The standard InChI is InChI=1S/C15H17NO2S/c16-13-9-11-19-14(13)15(17)18-10-5-4-8-12-6-2-1-3-7-12/h1-3,6-7,9,11H,4-5,8,10,16H2. The molecule has 1 aromatic carbocycles. The number of ether oxygens (including phenoxy) is 1. The van der Waals surface area contributed by atoms with Crippen molar-refractivity contribution in [2.75, 3.05) is 12.3 Å². The number of nitrogen functional groups attached to an aromatic ring is 1. The zero-order chi connectivity index (χ0) is 13.5. The fourth-order valence-electron chi connectivity index (χ4n) is 1.79. The van der Waals surface area contributed by atoms with Crippen molar-refractivity contribution < 1.29 is 9.53 Å². The smallest absolute Gasteiger partial charge is 0.350 e. The summed E-state index contributed by atoms with van der Waals surface area (Å²) < 4.78 is 5.20. The van der Waals surface area contributed by atoms with Crippen LogP contribution in [-0.4, -0.2) is 12.6 Å². The molecule has 0 saturated heterocycles. The molecule has 4 heteroatoms. The van der Waals surface area contributed by atoms with Crippen molar-refractivity contribution in [2.24, 2.45) is 0 Å². The van der Waals surface area contributed by atoms with Crippen LogP contribution < -0.4 is 5.73 Å². The van der Waals surface area contributed by atoms with E-state index in [0.717, 1.165) is 19.3 Å². The predicted molar refractivity (Wildman–Crippen MR) is 78.4 cm³/mol. The number of hydrogen-bond acceptors (Lipinski definition) is 4. The molecule has 0 spiro atoms. The summed E-state index contributed by atoms with van der Waals surface area (Å²) in [4.78, 5) is 12.2. The van der Waals surface area contributed by atoms with E-state index in [1.807, 2.05) is 18.2 Å². The van der Waals surface area contributed by atoms with Gasteiger partial charge in [-0.05, 0) is 36.3 Å². The van der Waals surface area contributed by atoms with Crippen molar-refractivity contribution in [3.05, 3.63) is 52.2 Å². The lowest BCUT2D eigenvalue weighted by molar-refractivity contribution is 0.0505. The molecule has 1 aromatic heterocycles. The van der Waals surface area contributed by atoms with Crippen LogP contribution in [0.2, 0.25) is 0 Å². The Bertz CT molecular complexity index is 522. The summed E-state index contributed by atoms with van der Waals surface area (Å²) in [6.45, 7) is 0.447. The quantitative estimate of drug-likeness (QED) is 0.648. The van der Waals surface area contributed by atoms with Gasteiger partial charge in [-0.1, -0.05) is 30.3 Å². The minimum Gasteiger partial charge on any atom is -0.461 e. The highest BCUT2D eigenvalue weighted by atomic mass is 32.1. The molecule has 0 atom stereocenters. The fourth-order valence-corrected chi connectivity index (χ4v) is 2.50. The van der Waals surface area contributed by atoms with Gasteiger partial charge < -0.3 is 10.5 Å². The molecule has 19 heavy (non-hydrogen) atoms. The predicted octanol–water partition coefficient (Wildman–Crippen LogP) is 3.51. The van der Waals surface area contributed by atoms with Crippen LogP contribution in [0.3, 0.4) is 0 Å². The first-order valence-corrected chi connectivity index (χ1v) is 7.19. The lowest BCUT2D eigenvalue weighted by atomic mass is 10.1. The van der Waals surface area contributed by atoms with Crippen LogP contribution in [0.4, 0.5) is 5.69 Å². The Morgan fingerprint density at radius 3 is 2.63 bits per heavy atom. The van der Waals surface area contributed by atoms with E-state index < -0.39 is 0 Å². The maximum absolute atomic E-state index is 11.7. The van der Waals surface area contributed by atoms with Gasteiger partial charge in [0, 0.05) is 0 Å². The van der Waals surface area contributed by atoms with Gasteiger partial charge in [0.15, 0.2) is 0 Å². The second-order valence-corrected chi connectivity index (χ2v) is 5.20. The molecule has 3 nitrogen and oxygen atoms in total. The number of rotatable bonds is 6. The van der Waals surface area contributed by atoms with Crippen LogP contribution >= 0.6 is 11.3 Å². The van der Waals surface area contributed by atoms with Gasteiger partial charge in [0.2, 0.25) is 0 Å². The zero-order valence-electron chi connectivity index (χ0n) is 10.7. The summed E-state index contributed by atoms with van der Waals surface area (Å²) in [7, 11) is 0. The van der Waals surface area contributed by atoms with Gasteiger partial charge in [0.05, 0.1) is 12.3 Å². The second-order valence-electron chi connectivity index (χ2n) is 4.28. The van der Waals surface area contributed by atoms with Gasteiger partial charge in [-0.2, -0.15) is 0 Å². The first kappa shape index (κ1) is 13.6. The van der Waals surface area contributed by atoms with Crippen molar-refractivity contribution in [3.8, 4) is 0 Å². The number of esters is 1. The van der Waals surface area contributed by atoms with Crippen LogP contribution in [0.1, 0.15) is 28.1 Å². The number of hydrogen-bond donors (Lipinski definition) is 1. The van der Waals surface area contributed by atoms with E-state index in [-0.39, 0.29) is 5.97 Å². The topological polar surface area (TPSA) is 52.3 Å². The molecule has 1 heterocycles. The molecule has 0 aliphatic carbocycles. The average Bonchev–Trinajstić information content (AvgIpc) is 2.86. The maximum Gasteiger partial charge on any atom is 0.350 e. The highest BCUT2D eigenvalue weighted by Gasteiger charge is 2.11. The minimum absolute atomic E-state index is 0.313. The zero-order valence-corrected chi connectivity index (χ0v) is 11.5. The number of benzene rings is 1. The Hall–Kier alpha value is -1.81. The molecular weight excluding hydrogens is 258 g/mol. The molecule has 0 amide bonds. The molecule has 2 N–H and O–H groups in total. The molecule has 0 radical (unpaired) electrons. The average molecular weight is 275 g/mol. The molecule has 2 rings (SSSR count). The van der Waals surface area contributed by atoms with Gasteiger partial charge in [-0.15, -0.1) is 11.3 Å². The highest BCUT2D eigenvalue weighted by molar-refractivity contribution is 7.12. The minimum atomic E-state index is -0.313. The summed E-state index contributed by atoms with van der Waals surface area (Å²) in [5.74, 6) is -0.313. The molecule has 0 unspecified atom stereocenters. The van der Waals surface area contributed by atoms with Crippen molar-refractivity contribution in [3.63, 3.8) is 0 Å². The van der Waals surface area contributed by atoms with Gasteiger partial charge >= 0.3 is 5.97 Å². The largest absolute Gasteiger partial charge is 0.461 e. The van der Waals surface area contributed by atoms with Crippen LogP contribution in [0.5, 0.6) is 0 Å². The number of carbonyl (C=O) groups excluding carboxylic acids is 1. The first-order valence-electron chi connectivity index (χ1n) is 6.31. The van der Waals surface area contributed by atoms with Crippen LogP contribution in [0.25, 0.3) is 0 Å². The summed E-state index contributed by atoms with van der Waals surface area (Å²) in [5, 5.41) is 1.79. The highest BCUT2D eigenvalue weighted by Crippen LogP contribution is 2.19. The Morgan fingerprint density at radius 2 is 1.95 bits per heavy atom. The molecule has 0 fully saturated rings. The number of carbonyl (C=O) groups is 1. The second kappa shape index (κ2) is 6.95. The number of anilines is 1. The van der Waals surface area contributed by atoms with Crippen molar-refractivity contribution in [1.29, 1.82) is 0 Å². The summed E-state index contributed by atoms with van der Waals surface area (Å²) in [6.07, 6.45) is 2.89. The summed E-state index contributed by atoms with van der Waals surface area (Å²) in [5.41, 5.74) is 7.47. The third-order valence-electron chi connectivity index (χ3n) is 2.82. The van der Waals surface area contributed by atoms with E-state index in [1.165, 1.54) is 16.9 Å². The fraction of sp³-hybridized carbons (Fsp3) is 0.267. The first-order chi connectivity index (χ1) is 9.27. The lowest BCUT2D eigenvalue weighted by Gasteiger charge is -2.04. The SMILES string of the molecule is Nc1ccsc1C(=O)OCCCCc1ccccc1. The molecule has 0 aliphatic heterocycles. The monoisotopic (exact) mass is 275 g/mol. The third-order valence-corrected chi connectivity index (χ3v) is 3.73. The van der Waals surface area contributed by atoms with Crippen molar-refractivity contribution in [2.45, 2.75) is 19.3 Å².